The van der Waals surface area contributed by atoms with Crippen molar-refractivity contribution in [2.24, 2.45) is 0 Å². The summed E-state index contributed by atoms with van der Waals surface area (Å²) in [6, 6.07) is 14.6. The van der Waals surface area contributed by atoms with Crippen molar-refractivity contribution < 1.29 is 19.0 Å². The summed E-state index contributed by atoms with van der Waals surface area (Å²) in [7, 11) is 1.75. The maximum atomic E-state index is 14.5. The average Bonchev–Trinajstić information content (AvgIpc) is 3.82. The third-order valence-corrected chi connectivity index (χ3v) is 9.35. The summed E-state index contributed by atoms with van der Waals surface area (Å²) in [5.74, 6) is 2.54. The van der Waals surface area contributed by atoms with E-state index >= 15 is 0 Å². The number of likely N-dealkylation sites (tertiary alicyclic amines) is 2. The number of hydrogen-bond donors (Lipinski definition) is 0. The predicted molar refractivity (Wildman–Crippen MR) is 164 cm³/mol. The fraction of sp³-hybridized carbons (Fsp3) is 0.515. The molecule has 9 heteroatoms. The minimum absolute atomic E-state index is 0.131. The highest BCUT2D eigenvalue weighted by molar-refractivity contribution is 6.08. The molecule has 7 rings (SSSR count). The van der Waals surface area contributed by atoms with Gasteiger partial charge in [-0.3, -0.25) is 9.69 Å². The summed E-state index contributed by atoms with van der Waals surface area (Å²) in [5, 5.41) is 0.907. The molecule has 4 aliphatic rings. The molecule has 1 aromatic heterocycles. The van der Waals surface area contributed by atoms with Gasteiger partial charge in [-0.25, -0.2) is 4.98 Å². The van der Waals surface area contributed by atoms with E-state index < -0.39 is 0 Å². The number of pyridine rings is 1. The van der Waals surface area contributed by atoms with Crippen molar-refractivity contribution in [2.75, 3.05) is 84.3 Å². The van der Waals surface area contributed by atoms with Gasteiger partial charge >= 0.3 is 0 Å². The lowest BCUT2D eigenvalue weighted by molar-refractivity contribution is 0.0710. The number of methoxy groups -OCH3 is 1. The maximum Gasteiger partial charge on any atom is 0.254 e. The lowest BCUT2D eigenvalue weighted by Crippen LogP contribution is -2.47. The van der Waals surface area contributed by atoms with Crippen molar-refractivity contribution in [3.8, 4) is 22.6 Å². The number of aromatic nitrogens is 1. The molecule has 42 heavy (non-hydrogen) atoms. The summed E-state index contributed by atoms with van der Waals surface area (Å²) in [4.78, 5) is 29.0. The van der Waals surface area contributed by atoms with Crippen LogP contribution in [0.3, 0.4) is 0 Å². The van der Waals surface area contributed by atoms with Crippen molar-refractivity contribution >= 4 is 22.6 Å². The topological polar surface area (TPSA) is 70.6 Å². The van der Waals surface area contributed by atoms with Gasteiger partial charge in [0.05, 0.1) is 17.7 Å². The van der Waals surface area contributed by atoms with Gasteiger partial charge < -0.3 is 28.9 Å². The second-order valence-electron chi connectivity index (χ2n) is 12.0. The Morgan fingerprint density at radius 3 is 2.50 bits per heavy atom. The van der Waals surface area contributed by atoms with Gasteiger partial charge in [0.1, 0.15) is 5.82 Å². The van der Waals surface area contributed by atoms with Crippen LogP contribution < -0.4 is 14.4 Å². The maximum absolute atomic E-state index is 14.5. The van der Waals surface area contributed by atoms with Gasteiger partial charge in [-0.05, 0) is 80.2 Å². The SMILES string of the molecule is COCCN1CCN(c2cc(C(=O)N3CCC[C@H]3CN3CCCC3)c3cc(-c4ccc5c(c4)OCO5)ccc3n2)CC1. The van der Waals surface area contributed by atoms with Crippen LogP contribution in [0.1, 0.15) is 36.0 Å². The summed E-state index contributed by atoms with van der Waals surface area (Å²) in [5.41, 5.74) is 3.68. The number of anilines is 1. The van der Waals surface area contributed by atoms with Crippen LogP contribution in [0.4, 0.5) is 5.82 Å². The fourth-order valence-corrected chi connectivity index (χ4v) is 6.94. The predicted octanol–water partition coefficient (Wildman–Crippen LogP) is 4.10. The van der Waals surface area contributed by atoms with Crippen LogP contribution in [0.2, 0.25) is 0 Å². The van der Waals surface area contributed by atoms with Crippen LogP contribution in [-0.2, 0) is 4.74 Å². The van der Waals surface area contributed by atoms with Gasteiger partial charge in [0.25, 0.3) is 5.91 Å². The number of ether oxygens (including phenoxy) is 3. The van der Waals surface area contributed by atoms with Gasteiger partial charge in [-0.2, -0.15) is 0 Å². The van der Waals surface area contributed by atoms with Gasteiger partial charge in [-0.1, -0.05) is 12.1 Å². The van der Waals surface area contributed by atoms with Crippen LogP contribution >= 0.6 is 0 Å². The number of amides is 1. The van der Waals surface area contributed by atoms with Crippen LogP contribution in [0.5, 0.6) is 11.5 Å². The zero-order chi connectivity index (χ0) is 28.5. The zero-order valence-corrected chi connectivity index (χ0v) is 24.6. The van der Waals surface area contributed by atoms with Crippen LogP contribution in [0.15, 0.2) is 42.5 Å². The monoisotopic (exact) mass is 571 g/mol. The summed E-state index contributed by atoms with van der Waals surface area (Å²) >= 11 is 0. The molecular formula is C33H41N5O4. The van der Waals surface area contributed by atoms with E-state index in [2.05, 4.69) is 43.9 Å². The quantitative estimate of drug-likeness (QED) is 0.401. The Labute approximate surface area is 247 Å². The van der Waals surface area contributed by atoms with Crippen molar-refractivity contribution in [2.45, 2.75) is 31.7 Å². The Hall–Kier alpha value is -3.40. The average molecular weight is 572 g/mol. The minimum Gasteiger partial charge on any atom is -0.454 e. The second-order valence-corrected chi connectivity index (χ2v) is 12.0. The number of rotatable bonds is 8. The van der Waals surface area contributed by atoms with E-state index in [-0.39, 0.29) is 18.7 Å². The number of piperazine rings is 1. The van der Waals surface area contributed by atoms with Crippen LogP contribution in [-0.4, -0.2) is 111 Å². The first-order valence-electron chi connectivity index (χ1n) is 15.5. The Bertz CT molecular complexity index is 1430. The Morgan fingerprint density at radius 1 is 0.881 bits per heavy atom. The van der Waals surface area contributed by atoms with Crippen LogP contribution in [0, 0.1) is 0 Å². The molecule has 0 spiro atoms. The van der Waals surface area contributed by atoms with Gasteiger partial charge in [-0.15, -0.1) is 0 Å². The number of benzene rings is 2. The molecule has 5 heterocycles. The zero-order valence-electron chi connectivity index (χ0n) is 24.6. The first kappa shape index (κ1) is 27.4. The van der Waals surface area contributed by atoms with Gasteiger partial charge in [0.2, 0.25) is 6.79 Å². The van der Waals surface area contributed by atoms with E-state index in [1.807, 2.05) is 18.2 Å². The highest BCUT2D eigenvalue weighted by Crippen LogP contribution is 2.37. The molecule has 1 atom stereocenters. The molecule has 3 aromatic rings. The lowest BCUT2D eigenvalue weighted by Gasteiger charge is -2.35. The molecule has 0 aliphatic carbocycles. The van der Waals surface area contributed by atoms with Crippen molar-refractivity contribution in [1.29, 1.82) is 0 Å². The molecule has 222 valence electrons. The van der Waals surface area contributed by atoms with E-state index in [0.29, 0.717) is 0 Å². The molecule has 3 fully saturated rings. The first-order chi connectivity index (χ1) is 20.7. The molecule has 0 unspecified atom stereocenters. The largest absolute Gasteiger partial charge is 0.454 e. The van der Waals surface area contributed by atoms with E-state index in [0.717, 1.165) is 123 Å². The standard InChI is InChI=1S/C33H41N5O4/c1-40-18-17-35-13-15-37(16-14-35)32-21-28(33(39)38-12-4-5-26(38)22-36-10-2-3-11-36)27-19-24(6-8-29(27)34-32)25-7-9-30-31(20-25)42-23-41-30/h6-9,19-21,26H,2-5,10-18,22-23H2,1H3/t26-/m0/s1. The normalized spacial score (nSPS) is 21.1. The van der Waals surface area contributed by atoms with Gasteiger partial charge in [0, 0.05) is 64.4 Å². The molecule has 1 amide bonds. The summed E-state index contributed by atoms with van der Waals surface area (Å²) in [6.07, 6.45) is 4.66. The third-order valence-electron chi connectivity index (χ3n) is 9.35. The molecule has 9 nitrogen and oxygen atoms in total. The Kier molecular flexibility index (Phi) is 7.88. The minimum atomic E-state index is 0.131. The number of carbonyl (C=O) groups is 1. The first-order valence-corrected chi connectivity index (χ1v) is 15.5. The fourth-order valence-electron chi connectivity index (χ4n) is 6.94. The molecule has 0 radical (unpaired) electrons. The highest BCUT2D eigenvalue weighted by atomic mass is 16.7. The van der Waals surface area contributed by atoms with Crippen molar-refractivity contribution in [3.63, 3.8) is 0 Å². The summed E-state index contributed by atoms with van der Waals surface area (Å²) < 4.78 is 16.4. The number of fused-ring (bicyclic) bond motifs is 2. The molecular weight excluding hydrogens is 530 g/mol. The van der Waals surface area contributed by atoms with Gasteiger partial charge in [0.15, 0.2) is 11.5 Å². The van der Waals surface area contributed by atoms with E-state index in [1.54, 1.807) is 7.11 Å². The Morgan fingerprint density at radius 2 is 1.67 bits per heavy atom. The van der Waals surface area contributed by atoms with E-state index in [9.17, 15) is 4.79 Å². The molecule has 0 bridgehead atoms. The highest BCUT2D eigenvalue weighted by Gasteiger charge is 2.33. The lowest BCUT2D eigenvalue weighted by atomic mass is 9.99. The molecule has 0 N–H and O–H groups in total. The molecule has 3 saturated heterocycles. The number of hydrogen-bond acceptors (Lipinski definition) is 8. The summed E-state index contributed by atoms with van der Waals surface area (Å²) in [6.45, 7) is 9.70. The molecule has 2 aromatic carbocycles. The van der Waals surface area contributed by atoms with Crippen LogP contribution in [0.25, 0.3) is 22.0 Å². The third kappa shape index (κ3) is 5.53. The molecule has 4 aliphatic heterocycles. The smallest absolute Gasteiger partial charge is 0.254 e. The van der Waals surface area contributed by atoms with E-state index in [4.69, 9.17) is 19.2 Å². The van der Waals surface area contributed by atoms with Crippen molar-refractivity contribution in [1.82, 2.24) is 19.7 Å². The number of carbonyl (C=O) groups excluding carboxylic acids is 1. The molecule has 0 saturated carbocycles. The number of nitrogens with zero attached hydrogens (tertiary/aromatic N) is 5. The van der Waals surface area contributed by atoms with E-state index in [1.165, 1.54) is 12.8 Å². The second kappa shape index (κ2) is 12.1. The van der Waals surface area contributed by atoms with Crippen molar-refractivity contribution in [3.05, 3.63) is 48.0 Å². The Balaban J connectivity index is 1.23.